The van der Waals surface area contributed by atoms with Gasteiger partial charge in [0.1, 0.15) is 6.61 Å². The van der Waals surface area contributed by atoms with Crippen molar-refractivity contribution < 1.29 is 23.8 Å². The van der Waals surface area contributed by atoms with Gasteiger partial charge in [-0.05, 0) is 83.5 Å². The van der Waals surface area contributed by atoms with Crippen molar-refractivity contribution >= 4 is 11.9 Å². The number of hydrogen-bond acceptors (Lipinski definition) is 5. The molecule has 0 aromatic rings. The molecule has 0 aliphatic heterocycles. The van der Waals surface area contributed by atoms with E-state index in [1.165, 1.54) is 154 Å². The number of ether oxygens (including phenoxy) is 3. The monoisotopic (exact) mass is 919 g/mol. The quantitative estimate of drug-likeness (QED) is 0.0346. The Morgan fingerprint density at radius 2 is 0.712 bits per heavy atom. The van der Waals surface area contributed by atoms with Crippen LogP contribution in [0.25, 0.3) is 0 Å². The van der Waals surface area contributed by atoms with Crippen LogP contribution in [0.15, 0.2) is 85.1 Å². The summed E-state index contributed by atoms with van der Waals surface area (Å²) in [6.45, 7) is 7.65. The highest BCUT2D eigenvalue weighted by atomic mass is 16.6. The van der Waals surface area contributed by atoms with E-state index in [1.54, 1.807) is 0 Å². The average Bonchev–Trinajstić information content (AvgIpc) is 3.32. The first-order chi connectivity index (χ1) is 32.6. The lowest BCUT2D eigenvalue weighted by Crippen LogP contribution is -2.30. The molecule has 0 aromatic carbocycles. The largest absolute Gasteiger partial charge is 0.462 e. The molecule has 0 spiro atoms. The molecule has 5 heteroatoms. The van der Waals surface area contributed by atoms with E-state index >= 15 is 0 Å². The van der Waals surface area contributed by atoms with Crippen molar-refractivity contribution in [1.82, 2.24) is 0 Å². The Morgan fingerprint density at radius 1 is 0.348 bits per heavy atom. The maximum Gasteiger partial charge on any atom is 0.306 e. The Balaban J connectivity index is 4.38. The van der Waals surface area contributed by atoms with Crippen molar-refractivity contribution in [2.45, 2.75) is 271 Å². The fourth-order valence-electron chi connectivity index (χ4n) is 7.77. The molecule has 5 nitrogen and oxygen atoms in total. The molecule has 380 valence electrons. The smallest absolute Gasteiger partial charge is 0.306 e. The summed E-state index contributed by atoms with van der Waals surface area (Å²) in [4.78, 5) is 25.4. The third-order valence-corrected chi connectivity index (χ3v) is 11.9. The molecule has 66 heavy (non-hydrogen) atoms. The van der Waals surface area contributed by atoms with Crippen molar-refractivity contribution in [2.24, 2.45) is 0 Å². The average molecular weight is 920 g/mol. The molecule has 0 aromatic heterocycles. The molecule has 0 heterocycles. The Kier molecular flexibility index (Phi) is 53.9. The van der Waals surface area contributed by atoms with Gasteiger partial charge in [0.15, 0.2) is 6.10 Å². The zero-order chi connectivity index (χ0) is 47.7. The lowest BCUT2D eigenvalue weighted by Gasteiger charge is -2.18. The maximum absolute atomic E-state index is 12.8. The summed E-state index contributed by atoms with van der Waals surface area (Å²) in [5, 5.41) is 0. The summed E-state index contributed by atoms with van der Waals surface area (Å²) in [6.07, 6.45) is 74.7. The number of hydrogen-bond donors (Lipinski definition) is 0. The molecular formula is C61H106O5. The zero-order valence-electron chi connectivity index (χ0n) is 43.7. The number of carbonyl (C=O) groups is 2. The van der Waals surface area contributed by atoms with Gasteiger partial charge in [0, 0.05) is 19.4 Å². The topological polar surface area (TPSA) is 61.8 Å². The van der Waals surface area contributed by atoms with Crippen LogP contribution in [-0.4, -0.2) is 37.9 Å². The van der Waals surface area contributed by atoms with Gasteiger partial charge < -0.3 is 14.2 Å². The van der Waals surface area contributed by atoms with Crippen LogP contribution in [0.5, 0.6) is 0 Å². The summed E-state index contributed by atoms with van der Waals surface area (Å²) in [5.41, 5.74) is 0. The summed E-state index contributed by atoms with van der Waals surface area (Å²) in [6, 6.07) is 0. The predicted octanol–water partition coefficient (Wildman–Crippen LogP) is 19.2. The maximum atomic E-state index is 12.8. The normalized spacial score (nSPS) is 12.8. The van der Waals surface area contributed by atoms with Crippen LogP contribution in [0.1, 0.15) is 265 Å². The SMILES string of the molecule is CC/C=C\C/C=C\C/C=C\C/C=C\C/C=C\C/C=C\CCC(=O)OC[C@@H](COCCCCCCCCCCCCCCCCCC)OC(=O)CCCCCCCCC/C=C\CCCCCC. The van der Waals surface area contributed by atoms with Gasteiger partial charge in [-0.2, -0.15) is 0 Å². The minimum Gasteiger partial charge on any atom is -0.462 e. The summed E-state index contributed by atoms with van der Waals surface area (Å²) >= 11 is 0. The van der Waals surface area contributed by atoms with Crippen molar-refractivity contribution in [3.8, 4) is 0 Å². The van der Waals surface area contributed by atoms with Gasteiger partial charge >= 0.3 is 11.9 Å². The molecule has 0 saturated heterocycles. The molecule has 0 bridgehead atoms. The molecule has 0 saturated carbocycles. The molecular weight excluding hydrogens is 813 g/mol. The molecule has 0 radical (unpaired) electrons. The van der Waals surface area contributed by atoms with Crippen LogP contribution in [0.2, 0.25) is 0 Å². The Morgan fingerprint density at radius 3 is 1.17 bits per heavy atom. The fraction of sp³-hybridized carbons (Fsp3) is 0.738. The molecule has 0 aliphatic rings. The first kappa shape index (κ1) is 63.1. The van der Waals surface area contributed by atoms with E-state index in [0.29, 0.717) is 25.9 Å². The molecule has 0 unspecified atom stereocenters. The Labute approximate surface area is 409 Å². The number of allylic oxidation sites excluding steroid dienone is 14. The minimum atomic E-state index is -0.571. The van der Waals surface area contributed by atoms with Gasteiger partial charge in [0.2, 0.25) is 0 Å². The van der Waals surface area contributed by atoms with Crippen LogP contribution in [0.3, 0.4) is 0 Å². The highest BCUT2D eigenvalue weighted by Gasteiger charge is 2.17. The molecule has 0 rings (SSSR count). The second-order valence-corrected chi connectivity index (χ2v) is 18.5. The minimum absolute atomic E-state index is 0.0430. The van der Waals surface area contributed by atoms with Gasteiger partial charge in [-0.3, -0.25) is 9.59 Å². The van der Waals surface area contributed by atoms with Crippen LogP contribution in [0.4, 0.5) is 0 Å². The Hall–Kier alpha value is -2.92. The number of rotatable bonds is 51. The van der Waals surface area contributed by atoms with Crippen molar-refractivity contribution in [1.29, 1.82) is 0 Å². The van der Waals surface area contributed by atoms with Gasteiger partial charge in [0.25, 0.3) is 0 Å². The number of esters is 2. The van der Waals surface area contributed by atoms with Gasteiger partial charge in [-0.1, -0.05) is 254 Å². The number of carbonyl (C=O) groups excluding carboxylic acids is 2. The van der Waals surface area contributed by atoms with Gasteiger partial charge in [0.05, 0.1) is 6.61 Å². The van der Waals surface area contributed by atoms with E-state index in [0.717, 1.165) is 70.6 Å². The van der Waals surface area contributed by atoms with E-state index in [4.69, 9.17) is 14.2 Å². The Bertz CT molecular complexity index is 1220. The molecule has 0 aliphatic carbocycles. The van der Waals surface area contributed by atoms with Crippen molar-refractivity contribution in [2.75, 3.05) is 19.8 Å². The lowest BCUT2D eigenvalue weighted by molar-refractivity contribution is -0.162. The number of unbranched alkanes of at least 4 members (excludes halogenated alkanes) is 26. The third kappa shape index (κ3) is 53.7. The lowest BCUT2D eigenvalue weighted by atomic mass is 10.0. The van der Waals surface area contributed by atoms with E-state index in [2.05, 4.69) is 99.8 Å². The van der Waals surface area contributed by atoms with Crippen LogP contribution >= 0.6 is 0 Å². The summed E-state index contributed by atoms with van der Waals surface area (Å²) in [7, 11) is 0. The van der Waals surface area contributed by atoms with Crippen molar-refractivity contribution in [3.63, 3.8) is 0 Å². The van der Waals surface area contributed by atoms with E-state index in [1.807, 2.05) is 6.08 Å². The summed E-state index contributed by atoms with van der Waals surface area (Å²) in [5.74, 6) is -0.492. The highest BCUT2D eigenvalue weighted by Crippen LogP contribution is 2.15. The predicted molar refractivity (Wildman–Crippen MR) is 288 cm³/mol. The van der Waals surface area contributed by atoms with Gasteiger partial charge in [-0.25, -0.2) is 0 Å². The van der Waals surface area contributed by atoms with Crippen LogP contribution in [-0.2, 0) is 23.8 Å². The van der Waals surface area contributed by atoms with Crippen LogP contribution < -0.4 is 0 Å². The second-order valence-electron chi connectivity index (χ2n) is 18.5. The van der Waals surface area contributed by atoms with Crippen LogP contribution in [0, 0.1) is 0 Å². The first-order valence-electron chi connectivity index (χ1n) is 28.1. The highest BCUT2D eigenvalue weighted by molar-refractivity contribution is 5.70. The third-order valence-electron chi connectivity index (χ3n) is 11.9. The molecule has 0 N–H and O–H groups in total. The zero-order valence-corrected chi connectivity index (χ0v) is 43.7. The molecule has 0 amide bonds. The molecule has 0 fully saturated rings. The van der Waals surface area contributed by atoms with E-state index in [9.17, 15) is 9.59 Å². The van der Waals surface area contributed by atoms with E-state index in [-0.39, 0.29) is 25.2 Å². The first-order valence-corrected chi connectivity index (χ1v) is 28.1. The fourth-order valence-corrected chi connectivity index (χ4v) is 7.77. The van der Waals surface area contributed by atoms with E-state index < -0.39 is 6.10 Å². The second kappa shape index (κ2) is 56.4. The molecule has 1 atom stereocenters. The summed E-state index contributed by atoms with van der Waals surface area (Å²) < 4.78 is 17.4. The van der Waals surface area contributed by atoms with Gasteiger partial charge in [-0.15, -0.1) is 0 Å². The standard InChI is InChI=1S/C61H106O5/c1-4-7-10-13-16-19-22-25-28-30-31-32-34-36-39-42-45-48-51-54-60(62)65-58-59(57-64-56-53-50-47-44-41-38-35-29-26-23-20-17-14-11-8-5-2)66-61(63)55-52-49-46-43-40-37-33-27-24-21-18-15-12-9-6-3/h7,10,16,19,21,24-25,28,31-32,36,39,45,48,59H,4-6,8-9,11-15,17-18,20,22-23,26-27,29-30,33-35,37-38,40-44,46-47,49-58H2,1-3H3/b10-7-,19-16-,24-21-,28-25-,32-31-,39-36-,48-45-/t59-/m1/s1. The van der Waals surface area contributed by atoms with Crippen molar-refractivity contribution in [3.05, 3.63) is 85.1 Å².